The van der Waals surface area contributed by atoms with Gasteiger partial charge in [-0.15, -0.1) is 5.10 Å². The Kier molecular flexibility index (Phi) is 3.74. The largest absolute Gasteiger partial charge is 0.497 e. The van der Waals surface area contributed by atoms with Crippen LogP contribution in [0, 0.1) is 0 Å². The van der Waals surface area contributed by atoms with Crippen LogP contribution in [-0.2, 0) is 0 Å². The number of hydrogen-bond donors (Lipinski definition) is 1. The highest BCUT2D eigenvalue weighted by Gasteiger charge is 2.12. The minimum absolute atomic E-state index is 0.627. The van der Waals surface area contributed by atoms with Gasteiger partial charge in [-0.2, -0.15) is 4.68 Å². The Bertz CT molecular complexity index is 744. The molecule has 0 radical (unpaired) electrons. The molecule has 0 bridgehead atoms. The van der Waals surface area contributed by atoms with Crippen LogP contribution in [0.2, 0.25) is 0 Å². The summed E-state index contributed by atoms with van der Waals surface area (Å²) in [5.74, 6) is 0.722. The van der Waals surface area contributed by atoms with Crippen molar-refractivity contribution in [1.29, 1.82) is 0 Å². The minimum Gasteiger partial charge on any atom is -0.497 e. The Labute approximate surface area is 125 Å². The van der Waals surface area contributed by atoms with Crippen molar-refractivity contribution >= 4 is 17.4 Å². The average molecular weight is 299 g/mol. The van der Waals surface area contributed by atoms with Crippen LogP contribution >= 0.6 is 11.8 Å². The summed E-state index contributed by atoms with van der Waals surface area (Å²) >= 11 is 1.41. The molecule has 0 fully saturated rings. The average Bonchev–Trinajstić information content (AvgIpc) is 2.98. The molecule has 0 spiro atoms. The second-order valence-corrected chi connectivity index (χ2v) is 5.22. The van der Waals surface area contributed by atoms with Crippen molar-refractivity contribution in [2.45, 2.75) is 10.1 Å². The van der Waals surface area contributed by atoms with E-state index in [2.05, 4.69) is 15.5 Å². The molecule has 0 aliphatic rings. The first-order valence-corrected chi connectivity index (χ1v) is 7.05. The van der Waals surface area contributed by atoms with Gasteiger partial charge in [-0.3, -0.25) is 0 Å². The first kappa shape index (κ1) is 13.4. The van der Waals surface area contributed by atoms with Gasteiger partial charge in [0, 0.05) is 16.6 Å². The molecule has 0 unspecified atom stereocenters. The number of nitrogens with zero attached hydrogens (tertiary/aromatic N) is 4. The van der Waals surface area contributed by atoms with Gasteiger partial charge in [-0.25, -0.2) is 0 Å². The molecule has 0 atom stereocenters. The van der Waals surface area contributed by atoms with E-state index >= 15 is 0 Å². The van der Waals surface area contributed by atoms with Crippen LogP contribution in [0.4, 0.5) is 5.69 Å². The molecular formula is C14H13N5OS. The van der Waals surface area contributed by atoms with Crippen molar-refractivity contribution in [3.8, 4) is 11.4 Å². The van der Waals surface area contributed by atoms with Gasteiger partial charge in [0.2, 0.25) is 5.16 Å². The fourth-order valence-corrected chi connectivity index (χ4v) is 2.63. The third kappa shape index (κ3) is 2.82. The zero-order valence-corrected chi connectivity index (χ0v) is 12.1. The molecule has 2 aromatic carbocycles. The third-order valence-electron chi connectivity index (χ3n) is 2.86. The Morgan fingerprint density at radius 1 is 1.14 bits per heavy atom. The Morgan fingerprint density at radius 2 is 1.95 bits per heavy atom. The fraction of sp³-hybridized carbons (Fsp3) is 0.0714. The number of tetrazole rings is 1. The monoisotopic (exact) mass is 299 g/mol. The molecule has 2 N–H and O–H groups in total. The van der Waals surface area contributed by atoms with Crippen molar-refractivity contribution < 1.29 is 4.74 Å². The van der Waals surface area contributed by atoms with Crippen molar-refractivity contribution in [2.75, 3.05) is 12.8 Å². The maximum Gasteiger partial charge on any atom is 0.218 e. The number of methoxy groups -OCH3 is 1. The number of nitrogen functional groups attached to an aromatic ring is 1. The molecule has 7 heteroatoms. The van der Waals surface area contributed by atoms with Crippen LogP contribution in [0.1, 0.15) is 0 Å². The van der Waals surface area contributed by atoms with Gasteiger partial charge in [0.15, 0.2) is 0 Å². The number of benzene rings is 2. The van der Waals surface area contributed by atoms with Crippen LogP contribution in [-0.4, -0.2) is 27.3 Å². The molecule has 106 valence electrons. The van der Waals surface area contributed by atoms with Gasteiger partial charge in [0.1, 0.15) is 5.75 Å². The van der Waals surface area contributed by atoms with E-state index in [1.54, 1.807) is 17.9 Å². The van der Waals surface area contributed by atoms with Crippen LogP contribution in [0.3, 0.4) is 0 Å². The highest BCUT2D eigenvalue weighted by atomic mass is 32.2. The summed E-state index contributed by atoms with van der Waals surface area (Å²) in [6, 6.07) is 15.2. The first-order valence-electron chi connectivity index (χ1n) is 6.23. The van der Waals surface area contributed by atoms with Gasteiger partial charge in [0.05, 0.1) is 12.8 Å². The van der Waals surface area contributed by atoms with E-state index in [0.29, 0.717) is 10.8 Å². The van der Waals surface area contributed by atoms with E-state index in [1.165, 1.54) is 11.8 Å². The maximum atomic E-state index is 6.02. The predicted molar refractivity (Wildman–Crippen MR) is 80.7 cm³/mol. The van der Waals surface area contributed by atoms with Gasteiger partial charge in [-0.1, -0.05) is 18.2 Å². The summed E-state index contributed by atoms with van der Waals surface area (Å²) in [6.07, 6.45) is 0. The Balaban J connectivity index is 1.92. The summed E-state index contributed by atoms with van der Waals surface area (Å²) in [5.41, 5.74) is 7.55. The van der Waals surface area contributed by atoms with Gasteiger partial charge in [0.25, 0.3) is 0 Å². The number of para-hydroxylation sites is 1. The third-order valence-corrected chi connectivity index (χ3v) is 3.89. The molecule has 0 aliphatic heterocycles. The standard InChI is InChI=1S/C14H13N5OS/c1-20-11-7-8-13(12(15)9-11)21-14-16-17-18-19(14)10-5-3-2-4-6-10/h2-9H,15H2,1H3. The molecule has 6 nitrogen and oxygen atoms in total. The Morgan fingerprint density at radius 3 is 2.67 bits per heavy atom. The van der Waals surface area contributed by atoms with E-state index in [-0.39, 0.29) is 0 Å². The second kappa shape index (κ2) is 5.84. The highest BCUT2D eigenvalue weighted by molar-refractivity contribution is 7.99. The van der Waals surface area contributed by atoms with E-state index < -0.39 is 0 Å². The lowest BCUT2D eigenvalue weighted by Gasteiger charge is -2.07. The van der Waals surface area contributed by atoms with Crippen LogP contribution in [0.25, 0.3) is 5.69 Å². The lowest BCUT2D eigenvalue weighted by molar-refractivity contribution is 0.415. The van der Waals surface area contributed by atoms with Crippen molar-refractivity contribution in [3.63, 3.8) is 0 Å². The van der Waals surface area contributed by atoms with Crippen molar-refractivity contribution in [1.82, 2.24) is 20.2 Å². The fourth-order valence-electron chi connectivity index (χ4n) is 1.82. The van der Waals surface area contributed by atoms with E-state index in [0.717, 1.165) is 16.3 Å². The van der Waals surface area contributed by atoms with Crippen molar-refractivity contribution in [3.05, 3.63) is 48.5 Å². The predicted octanol–water partition coefficient (Wildman–Crippen LogP) is 2.40. The number of anilines is 1. The summed E-state index contributed by atoms with van der Waals surface area (Å²) in [7, 11) is 1.61. The summed E-state index contributed by atoms with van der Waals surface area (Å²) in [4.78, 5) is 0.878. The van der Waals surface area contributed by atoms with E-state index in [1.807, 2.05) is 42.5 Å². The Hall–Kier alpha value is -2.54. The zero-order chi connectivity index (χ0) is 14.7. The minimum atomic E-state index is 0.627. The number of rotatable bonds is 4. The maximum absolute atomic E-state index is 6.02. The smallest absolute Gasteiger partial charge is 0.218 e. The number of ether oxygens (including phenoxy) is 1. The van der Waals surface area contributed by atoms with E-state index in [4.69, 9.17) is 10.5 Å². The molecule has 1 heterocycles. The molecule has 21 heavy (non-hydrogen) atoms. The number of nitrogens with two attached hydrogens (primary N) is 1. The lowest BCUT2D eigenvalue weighted by atomic mass is 10.3. The van der Waals surface area contributed by atoms with Gasteiger partial charge in [-0.05, 0) is 46.5 Å². The highest BCUT2D eigenvalue weighted by Crippen LogP contribution is 2.33. The second-order valence-electron chi connectivity index (χ2n) is 4.21. The molecule has 3 rings (SSSR count). The summed E-state index contributed by atoms with van der Waals surface area (Å²) < 4.78 is 6.82. The molecule has 0 aliphatic carbocycles. The summed E-state index contributed by atoms with van der Waals surface area (Å²) in [5, 5.41) is 12.5. The molecule has 3 aromatic rings. The number of aromatic nitrogens is 4. The molecule has 0 saturated heterocycles. The van der Waals surface area contributed by atoms with Crippen LogP contribution in [0.15, 0.2) is 58.6 Å². The van der Waals surface area contributed by atoms with E-state index in [9.17, 15) is 0 Å². The first-order chi connectivity index (χ1) is 10.3. The van der Waals surface area contributed by atoms with Crippen LogP contribution < -0.4 is 10.5 Å². The topological polar surface area (TPSA) is 78.9 Å². The zero-order valence-electron chi connectivity index (χ0n) is 11.3. The van der Waals surface area contributed by atoms with Gasteiger partial charge < -0.3 is 10.5 Å². The van der Waals surface area contributed by atoms with Gasteiger partial charge >= 0.3 is 0 Å². The molecule has 0 amide bonds. The lowest BCUT2D eigenvalue weighted by Crippen LogP contribution is -1.99. The molecule has 0 saturated carbocycles. The normalized spacial score (nSPS) is 10.5. The molecular weight excluding hydrogens is 286 g/mol. The molecule has 1 aromatic heterocycles. The van der Waals surface area contributed by atoms with Crippen molar-refractivity contribution in [2.24, 2.45) is 0 Å². The summed E-state index contributed by atoms with van der Waals surface area (Å²) in [6.45, 7) is 0. The van der Waals surface area contributed by atoms with Crippen LogP contribution in [0.5, 0.6) is 5.75 Å². The quantitative estimate of drug-likeness (QED) is 0.745. The SMILES string of the molecule is COc1ccc(Sc2nnnn2-c2ccccc2)c(N)c1. The number of hydrogen-bond acceptors (Lipinski definition) is 6.